The van der Waals surface area contributed by atoms with Crippen molar-refractivity contribution in [1.29, 1.82) is 0 Å². The van der Waals surface area contributed by atoms with E-state index in [1.165, 1.54) is 32.1 Å². The minimum absolute atomic E-state index is 0.167. The first-order valence-electron chi connectivity index (χ1n) is 13.5. The third-order valence-corrected chi connectivity index (χ3v) is 6.79. The lowest BCUT2D eigenvalue weighted by Crippen LogP contribution is -2.41. The topological polar surface area (TPSA) is 18.5 Å². The highest BCUT2D eigenvalue weighted by Gasteiger charge is 2.34. The molecule has 0 heterocycles. The number of halogens is 5. The van der Waals surface area contributed by atoms with Gasteiger partial charge in [-0.2, -0.15) is 0 Å². The van der Waals surface area contributed by atoms with Crippen LogP contribution < -0.4 is 0 Å². The summed E-state index contributed by atoms with van der Waals surface area (Å²) in [5.41, 5.74) is -0.718. The van der Waals surface area contributed by atoms with Gasteiger partial charge in [0.05, 0.1) is 0 Å². The van der Waals surface area contributed by atoms with Crippen molar-refractivity contribution in [3.8, 4) is 0 Å². The molecule has 1 unspecified atom stereocenters. The van der Waals surface area contributed by atoms with Crippen LogP contribution in [-0.2, 0) is 15.9 Å². The molecule has 1 aromatic rings. The van der Waals surface area contributed by atoms with Crippen molar-refractivity contribution in [2.45, 2.75) is 123 Å². The molecule has 1 rings (SSSR count). The summed E-state index contributed by atoms with van der Waals surface area (Å²) in [5.74, 6) is -9.62. The first-order chi connectivity index (χ1) is 16.7. The molecule has 0 saturated heterocycles. The van der Waals surface area contributed by atoms with E-state index < -0.39 is 40.4 Å². The third-order valence-electron chi connectivity index (χ3n) is 6.79. The fraction of sp³-hybridized carbons (Fsp3) is 0.786. The fourth-order valence-corrected chi connectivity index (χ4v) is 4.78. The molecule has 35 heavy (non-hydrogen) atoms. The third kappa shape index (κ3) is 10.4. The minimum Gasteiger partial charge on any atom is -0.350 e. The smallest absolute Gasteiger partial charge is 0.200 e. The molecule has 0 bridgehead atoms. The Morgan fingerprint density at radius 2 is 0.971 bits per heavy atom. The van der Waals surface area contributed by atoms with Gasteiger partial charge in [-0.15, -0.1) is 0 Å². The Kier molecular flexibility index (Phi) is 15.7. The number of hydrogen-bond donors (Lipinski definition) is 0. The van der Waals surface area contributed by atoms with Crippen LogP contribution in [-0.4, -0.2) is 19.0 Å². The van der Waals surface area contributed by atoms with Crippen molar-refractivity contribution in [1.82, 2.24) is 0 Å². The normalized spacial score (nSPS) is 12.9. The molecular formula is C28H45F5O2. The predicted octanol–water partition coefficient (Wildman–Crippen LogP) is 9.42. The van der Waals surface area contributed by atoms with E-state index in [9.17, 15) is 22.0 Å². The molecule has 0 aliphatic heterocycles. The average Bonchev–Trinajstić information content (AvgIpc) is 2.83. The molecule has 0 amide bonds. The first-order valence-corrected chi connectivity index (χ1v) is 13.5. The first kappa shape index (κ1) is 31.8. The Labute approximate surface area is 209 Å². The van der Waals surface area contributed by atoms with Gasteiger partial charge in [-0.25, -0.2) is 22.0 Å². The zero-order chi connectivity index (χ0) is 26.3. The standard InChI is InChI=1S/C28H45F5O2/c1-5-8-9-10-12-15-18-21(28(4,34-6-2)35-7-3)19-16-13-11-14-17-20-22-23(29)25(31)27(33)26(32)24(22)30/h21H,5-20H2,1-4H3. The monoisotopic (exact) mass is 508 g/mol. The van der Waals surface area contributed by atoms with Crippen LogP contribution in [0.25, 0.3) is 0 Å². The maximum Gasteiger partial charge on any atom is 0.200 e. The van der Waals surface area contributed by atoms with Crippen molar-refractivity contribution < 1.29 is 31.4 Å². The van der Waals surface area contributed by atoms with Gasteiger partial charge in [0.15, 0.2) is 29.1 Å². The van der Waals surface area contributed by atoms with Gasteiger partial charge >= 0.3 is 0 Å². The largest absolute Gasteiger partial charge is 0.350 e. The molecule has 0 fully saturated rings. The second kappa shape index (κ2) is 17.3. The Hall–Kier alpha value is -1.21. The van der Waals surface area contributed by atoms with Gasteiger partial charge in [-0.3, -0.25) is 0 Å². The van der Waals surface area contributed by atoms with Crippen LogP contribution in [0.15, 0.2) is 0 Å². The van der Waals surface area contributed by atoms with E-state index in [0.717, 1.165) is 38.5 Å². The van der Waals surface area contributed by atoms with Gasteiger partial charge in [0.2, 0.25) is 5.82 Å². The number of benzene rings is 1. The number of hydrogen-bond acceptors (Lipinski definition) is 2. The Morgan fingerprint density at radius 1 is 0.571 bits per heavy atom. The molecule has 2 nitrogen and oxygen atoms in total. The molecule has 0 aliphatic rings. The van der Waals surface area contributed by atoms with Crippen LogP contribution in [0, 0.1) is 35.0 Å². The molecule has 0 aromatic heterocycles. The van der Waals surface area contributed by atoms with Crippen molar-refractivity contribution in [3.05, 3.63) is 34.6 Å². The highest BCUT2D eigenvalue weighted by Crippen LogP contribution is 2.33. The van der Waals surface area contributed by atoms with Gasteiger partial charge in [-0.05, 0) is 46.5 Å². The molecule has 0 N–H and O–H groups in total. The Morgan fingerprint density at radius 3 is 1.43 bits per heavy atom. The molecule has 1 atom stereocenters. The highest BCUT2D eigenvalue weighted by molar-refractivity contribution is 5.24. The van der Waals surface area contributed by atoms with E-state index in [4.69, 9.17) is 9.47 Å². The zero-order valence-corrected chi connectivity index (χ0v) is 22.1. The molecule has 7 heteroatoms. The molecule has 0 saturated carbocycles. The summed E-state index contributed by atoms with van der Waals surface area (Å²) in [5, 5.41) is 0. The predicted molar refractivity (Wildman–Crippen MR) is 131 cm³/mol. The van der Waals surface area contributed by atoms with Gasteiger partial charge in [0, 0.05) is 24.7 Å². The number of rotatable bonds is 20. The van der Waals surface area contributed by atoms with E-state index in [1.807, 2.05) is 20.8 Å². The molecule has 0 spiro atoms. The number of ether oxygens (including phenoxy) is 2. The van der Waals surface area contributed by atoms with Crippen LogP contribution in [0.4, 0.5) is 22.0 Å². The van der Waals surface area contributed by atoms with Gasteiger partial charge in [0.25, 0.3) is 0 Å². The van der Waals surface area contributed by atoms with Crippen LogP contribution in [0.2, 0.25) is 0 Å². The SMILES string of the molecule is CCCCCCCCC(CCCCCCCc1c(F)c(F)c(F)c(F)c1F)C(C)(OCC)OCC. The van der Waals surface area contributed by atoms with Crippen LogP contribution >= 0.6 is 0 Å². The Bertz CT molecular complexity index is 691. The maximum absolute atomic E-state index is 13.8. The summed E-state index contributed by atoms with van der Waals surface area (Å²) >= 11 is 0. The molecule has 0 radical (unpaired) electrons. The van der Waals surface area contributed by atoms with Crippen LogP contribution in [0.1, 0.15) is 117 Å². The van der Waals surface area contributed by atoms with Gasteiger partial charge in [0.1, 0.15) is 0 Å². The average molecular weight is 509 g/mol. The maximum atomic E-state index is 13.8. The molecule has 204 valence electrons. The summed E-state index contributed by atoms with van der Waals surface area (Å²) < 4.78 is 79.5. The van der Waals surface area contributed by atoms with Crippen molar-refractivity contribution in [2.24, 2.45) is 5.92 Å². The quantitative estimate of drug-likeness (QED) is 0.0574. The second-order valence-corrected chi connectivity index (χ2v) is 9.49. The van der Waals surface area contributed by atoms with Gasteiger partial charge in [-0.1, -0.05) is 71.1 Å². The van der Waals surface area contributed by atoms with E-state index in [0.29, 0.717) is 26.1 Å². The lowest BCUT2D eigenvalue weighted by molar-refractivity contribution is -0.254. The van der Waals surface area contributed by atoms with Crippen molar-refractivity contribution >= 4 is 0 Å². The Balaban J connectivity index is 2.51. The zero-order valence-electron chi connectivity index (χ0n) is 22.1. The van der Waals surface area contributed by atoms with E-state index in [-0.39, 0.29) is 12.3 Å². The summed E-state index contributed by atoms with van der Waals surface area (Å²) in [4.78, 5) is 0. The minimum atomic E-state index is -2.11. The summed E-state index contributed by atoms with van der Waals surface area (Å²) in [6.45, 7) is 9.37. The molecular weight excluding hydrogens is 463 g/mol. The van der Waals surface area contributed by atoms with Crippen molar-refractivity contribution in [2.75, 3.05) is 13.2 Å². The van der Waals surface area contributed by atoms with E-state index in [1.54, 1.807) is 0 Å². The number of unbranched alkanes of at least 4 members (excludes halogenated alkanes) is 9. The van der Waals surface area contributed by atoms with E-state index in [2.05, 4.69) is 6.92 Å². The van der Waals surface area contributed by atoms with Crippen LogP contribution in [0.5, 0.6) is 0 Å². The lowest BCUT2D eigenvalue weighted by Gasteiger charge is -2.37. The molecule has 1 aromatic carbocycles. The summed E-state index contributed by atoms with van der Waals surface area (Å²) in [7, 11) is 0. The van der Waals surface area contributed by atoms with Crippen molar-refractivity contribution in [3.63, 3.8) is 0 Å². The van der Waals surface area contributed by atoms with Gasteiger partial charge < -0.3 is 9.47 Å². The highest BCUT2D eigenvalue weighted by atomic mass is 19.2. The van der Waals surface area contributed by atoms with E-state index >= 15 is 0 Å². The summed E-state index contributed by atoms with van der Waals surface area (Å²) in [6, 6.07) is 0. The second-order valence-electron chi connectivity index (χ2n) is 9.49. The fourth-order valence-electron chi connectivity index (χ4n) is 4.78. The molecule has 0 aliphatic carbocycles. The summed E-state index contributed by atoms with van der Waals surface area (Å²) in [6.07, 6.45) is 13.0. The van der Waals surface area contributed by atoms with Crippen LogP contribution in [0.3, 0.4) is 0 Å². The lowest BCUT2D eigenvalue weighted by atomic mass is 9.87.